The zero-order valence-corrected chi connectivity index (χ0v) is 17.4. The Labute approximate surface area is 177 Å². The number of carbonyl (C=O) groups excluding carboxylic acids is 1. The van der Waals surface area contributed by atoms with Crippen molar-refractivity contribution in [2.75, 3.05) is 19.5 Å². The summed E-state index contributed by atoms with van der Waals surface area (Å²) in [5.74, 6) is 1.35. The van der Waals surface area contributed by atoms with Crippen LogP contribution in [-0.4, -0.2) is 30.2 Å². The lowest BCUT2D eigenvalue weighted by Crippen LogP contribution is -2.17. The van der Waals surface area contributed by atoms with Gasteiger partial charge in [-0.25, -0.2) is 0 Å². The van der Waals surface area contributed by atoms with Crippen molar-refractivity contribution in [3.63, 3.8) is 0 Å². The van der Waals surface area contributed by atoms with E-state index in [-0.39, 0.29) is 5.78 Å². The Morgan fingerprint density at radius 1 is 0.828 bits per heavy atom. The van der Waals surface area contributed by atoms with Crippen molar-refractivity contribution in [1.82, 2.24) is 4.90 Å². The van der Waals surface area contributed by atoms with E-state index in [9.17, 15) is 4.79 Å². The smallest absolute Gasteiger partial charge is 0.193 e. The van der Waals surface area contributed by atoms with E-state index >= 15 is 0 Å². The van der Waals surface area contributed by atoms with Gasteiger partial charge in [-0.15, -0.1) is 11.6 Å². The second-order valence-corrected chi connectivity index (χ2v) is 7.48. The lowest BCUT2D eigenvalue weighted by atomic mass is 10.0. The zero-order chi connectivity index (χ0) is 20.5. The molecule has 0 fully saturated rings. The van der Waals surface area contributed by atoms with Crippen molar-refractivity contribution in [3.05, 3.63) is 101 Å². The first-order valence-corrected chi connectivity index (χ1v) is 10.3. The summed E-state index contributed by atoms with van der Waals surface area (Å²) in [5, 5.41) is 0. The van der Waals surface area contributed by atoms with Gasteiger partial charge in [0.15, 0.2) is 5.78 Å². The summed E-state index contributed by atoms with van der Waals surface area (Å²) in [7, 11) is 2.10. The molecule has 0 bridgehead atoms. The maximum Gasteiger partial charge on any atom is 0.193 e. The molecule has 3 rings (SSSR count). The van der Waals surface area contributed by atoms with E-state index in [1.54, 1.807) is 12.1 Å². The molecular formula is C25H26ClNO2. The van der Waals surface area contributed by atoms with Crippen LogP contribution in [0.4, 0.5) is 0 Å². The highest BCUT2D eigenvalue weighted by molar-refractivity contribution is 6.17. The van der Waals surface area contributed by atoms with Crippen LogP contribution in [-0.2, 0) is 13.1 Å². The Hall–Kier alpha value is -2.62. The van der Waals surface area contributed by atoms with Crippen molar-refractivity contribution >= 4 is 17.4 Å². The van der Waals surface area contributed by atoms with Gasteiger partial charge in [0, 0.05) is 30.1 Å². The number of alkyl halides is 1. The molecule has 0 N–H and O–H groups in total. The molecule has 0 unspecified atom stereocenters. The van der Waals surface area contributed by atoms with Crippen LogP contribution in [0.1, 0.15) is 33.5 Å². The fraction of sp³-hybridized carbons (Fsp3) is 0.240. The van der Waals surface area contributed by atoms with E-state index in [2.05, 4.69) is 36.2 Å². The molecular weight excluding hydrogens is 382 g/mol. The number of halogens is 1. The van der Waals surface area contributed by atoms with Gasteiger partial charge < -0.3 is 4.74 Å². The van der Waals surface area contributed by atoms with E-state index < -0.39 is 0 Å². The molecule has 0 spiro atoms. The first kappa shape index (κ1) is 21.1. The Kier molecular flexibility index (Phi) is 7.85. The summed E-state index contributed by atoms with van der Waals surface area (Å²) >= 11 is 5.65. The standard InChI is InChI=1S/C25H26ClNO2/c1-27(18-20-6-3-2-4-7-20)19-21-8-10-22(11-9-21)25(28)23-12-14-24(15-13-23)29-17-5-16-26/h2-4,6-15H,5,16-19H2,1H3. The van der Waals surface area contributed by atoms with Crippen molar-refractivity contribution in [2.24, 2.45) is 0 Å². The van der Waals surface area contributed by atoms with Crippen molar-refractivity contribution in [2.45, 2.75) is 19.5 Å². The molecule has 0 saturated carbocycles. The number of hydrogen-bond donors (Lipinski definition) is 0. The van der Waals surface area contributed by atoms with E-state index in [1.807, 2.05) is 42.5 Å². The molecule has 0 aromatic heterocycles. The summed E-state index contributed by atoms with van der Waals surface area (Å²) < 4.78 is 5.58. The zero-order valence-electron chi connectivity index (χ0n) is 16.7. The van der Waals surface area contributed by atoms with Crippen LogP contribution in [0.3, 0.4) is 0 Å². The number of ether oxygens (including phenoxy) is 1. The largest absolute Gasteiger partial charge is 0.494 e. The van der Waals surface area contributed by atoms with E-state index in [0.717, 1.165) is 25.3 Å². The molecule has 0 saturated heterocycles. The second-order valence-electron chi connectivity index (χ2n) is 7.10. The van der Waals surface area contributed by atoms with Gasteiger partial charge in [-0.05, 0) is 48.9 Å². The highest BCUT2D eigenvalue weighted by Crippen LogP contribution is 2.17. The van der Waals surface area contributed by atoms with Gasteiger partial charge >= 0.3 is 0 Å². The molecule has 3 aromatic carbocycles. The number of carbonyl (C=O) groups is 1. The first-order valence-electron chi connectivity index (χ1n) is 9.80. The third-order valence-corrected chi connectivity index (χ3v) is 4.89. The summed E-state index contributed by atoms with van der Waals surface area (Å²) in [6, 6.07) is 25.5. The van der Waals surface area contributed by atoms with Crippen molar-refractivity contribution < 1.29 is 9.53 Å². The van der Waals surface area contributed by atoms with Crippen LogP contribution in [0.5, 0.6) is 5.75 Å². The minimum Gasteiger partial charge on any atom is -0.494 e. The molecule has 0 radical (unpaired) electrons. The van der Waals surface area contributed by atoms with Crippen LogP contribution in [0.15, 0.2) is 78.9 Å². The SMILES string of the molecule is CN(Cc1ccccc1)Cc1ccc(C(=O)c2ccc(OCCCCl)cc2)cc1. The van der Waals surface area contributed by atoms with Crippen LogP contribution in [0.2, 0.25) is 0 Å². The van der Waals surface area contributed by atoms with Crippen LogP contribution in [0, 0.1) is 0 Å². The Bertz CT molecular complexity index is 892. The summed E-state index contributed by atoms with van der Waals surface area (Å²) in [5.41, 5.74) is 3.82. The molecule has 29 heavy (non-hydrogen) atoms. The third kappa shape index (κ3) is 6.45. The van der Waals surface area contributed by atoms with Crippen molar-refractivity contribution in [3.8, 4) is 5.75 Å². The van der Waals surface area contributed by atoms with Gasteiger partial charge in [0.25, 0.3) is 0 Å². The molecule has 0 aliphatic heterocycles. The number of rotatable bonds is 10. The first-order chi connectivity index (χ1) is 14.2. The number of hydrogen-bond acceptors (Lipinski definition) is 3. The predicted molar refractivity (Wildman–Crippen MR) is 119 cm³/mol. The quantitative estimate of drug-likeness (QED) is 0.250. The topological polar surface area (TPSA) is 29.5 Å². The van der Waals surface area contributed by atoms with E-state index in [1.165, 1.54) is 11.1 Å². The molecule has 0 aliphatic carbocycles. The normalized spacial score (nSPS) is 10.9. The van der Waals surface area contributed by atoms with Crippen LogP contribution >= 0.6 is 11.6 Å². The van der Waals surface area contributed by atoms with Gasteiger partial charge in [0.2, 0.25) is 0 Å². The molecule has 0 aliphatic rings. The third-order valence-electron chi connectivity index (χ3n) is 4.63. The Morgan fingerprint density at radius 3 is 1.97 bits per heavy atom. The van der Waals surface area contributed by atoms with Gasteiger partial charge in [-0.1, -0.05) is 54.6 Å². The van der Waals surface area contributed by atoms with Crippen LogP contribution < -0.4 is 4.74 Å². The van der Waals surface area contributed by atoms with Gasteiger partial charge in [-0.3, -0.25) is 9.69 Å². The Morgan fingerprint density at radius 2 is 1.38 bits per heavy atom. The molecule has 4 heteroatoms. The average molecular weight is 408 g/mol. The molecule has 150 valence electrons. The molecule has 0 heterocycles. The average Bonchev–Trinajstić information content (AvgIpc) is 2.75. The van der Waals surface area contributed by atoms with Crippen molar-refractivity contribution in [1.29, 1.82) is 0 Å². The highest BCUT2D eigenvalue weighted by Gasteiger charge is 2.10. The van der Waals surface area contributed by atoms with Gasteiger partial charge in [-0.2, -0.15) is 0 Å². The molecule has 3 nitrogen and oxygen atoms in total. The van der Waals surface area contributed by atoms with E-state index in [0.29, 0.717) is 23.6 Å². The maximum absolute atomic E-state index is 12.7. The fourth-order valence-corrected chi connectivity index (χ4v) is 3.25. The lowest BCUT2D eigenvalue weighted by Gasteiger charge is -2.17. The molecule has 3 aromatic rings. The van der Waals surface area contributed by atoms with Gasteiger partial charge in [0.05, 0.1) is 6.61 Å². The summed E-state index contributed by atoms with van der Waals surface area (Å²) in [6.07, 6.45) is 0.801. The predicted octanol–water partition coefficient (Wildman–Crippen LogP) is 5.56. The number of nitrogens with zero attached hydrogens (tertiary/aromatic N) is 1. The van der Waals surface area contributed by atoms with Crippen LogP contribution in [0.25, 0.3) is 0 Å². The fourth-order valence-electron chi connectivity index (χ4n) is 3.14. The minimum absolute atomic E-state index is 0.0153. The van der Waals surface area contributed by atoms with Gasteiger partial charge in [0.1, 0.15) is 5.75 Å². The monoisotopic (exact) mass is 407 g/mol. The number of ketones is 1. The highest BCUT2D eigenvalue weighted by atomic mass is 35.5. The Balaban J connectivity index is 1.57. The minimum atomic E-state index is 0.0153. The lowest BCUT2D eigenvalue weighted by molar-refractivity contribution is 0.103. The summed E-state index contributed by atoms with van der Waals surface area (Å²) in [6.45, 7) is 2.30. The maximum atomic E-state index is 12.7. The second kappa shape index (κ2) is 10.8. The summed E-state index contributed by atoms with van der Waals surface area (Å²) in [4.78, 5) is 15.0. The van der Waals surface area contributed by atoms with E-state index in [4.69, 9.17) is 16.3 Å². The number of benzene rings is 3. The molecule has 0 atom stereocenters. The molecule has 0 amide bonds.